The Morgan fingerprint density at radius 2 is 2.05 bits per heavy atom. The molecule has 2 rings (SSSR count). The highest BCUT2D eigenvalue weighted by Gasteiger charge is 2.25. The van der Waals surface area contributed by atoms with Crippen LogP contribution in [0.2, 0.25) is 0 Å². The number of alkyl carbamates (subject to hydrolysis) is 1. The molecule has 0 aliphatic carbocycles. The molecule has 0 saturated carbocycles. The fraction of sp³-hybridized carbons (Fsp3) is 0.562. The second kappa shape index (κ2) is 6.27. The Bertz CT molecular complexity index is 440. The largest absolute Gasteiger partial charge is 0.444 e. The van der Waals surface area contributed by atoms with Gasteiger partial charge in [-0.15, -0.1) is 0 Å². The number of carbonyl (C=O) groups excluding carboxylic acids is 1. The van der Waals surface area contributed by atoms with Gasteiger partial charge in [-0.05, 0) is 32.8 Å². The lowest BCUT2D eigenvalue weighted by Crippen LogP contribution is -2.40. The maximum absolute atomic E-state index is 11.7. The van der Waals surface area contributed by atoms with Crippen LogP contribution in [-0.4, -0.2) is 35.7 Å². The molecule has 0 unspecified atom stereocenters. The van der Waals surface area contributed by atoms with Crippen molar-refractivity contribution in [3.05, 3.63) is 35.9 Å². The fourth-order valence-corrected chi connectivity index (χ4v) is 2.41. The molecule has 1 aromatic rings. The van der Waals surface area contributed by atoms with Gasteiger partial charge in [0.1, 0.15) is 5.60 Å². The molecular weight excluding hydrogens is 252 g/mol. The van der Waals surface area contributed by atoms with E-state index in [1.54, 1.807) is 0 Å². The van der Waals surface area contributed by atoms with Gasteiger partial charge in [0, 0.05) is 25.7 Å². The number of nitrogens with zero attached hydrogens (tertiary/aromatic N) is 1. The van der Waals surface area contributed by atoms with Gasteiger partial charge in [0.25, 0.3) is 0 Å². The van der Waals surface area contributed by atoms with Crippen LogP contribution in [0.1, 0.15) is 32.8 Å². The molecule has 1 amide bonds. The summed E-state index contributed by atoms with van der Waals surface area (Å²) in [6, 6.07) is 10.6. The van der Waals surface area contributed by atoms with Crippen LogP contribution in [0.15, 0.2) is 30.3 Å². The summed E-state index contributed by atoms with van der Waals surface area (Å²) in [7, 11) is 0. The van der Waals surface area contributed by atoms with E-state index in [9.17, 15) is 4.79 Å². The van der Waals surface area contributed by atoms with Crippen LogP contribution < -0.4 is 5.32 Å². The van der Waals surface area contributed by atoms with Crippen molar-refractivity contribution in [2.75, 3.05) is 13.1 Å². The molecule has 1 atom stereocenters. The second-order valence-electron chi connectivity index (χ2n) is 6.35. The van der Waals surface area contributed by atoms with Crippen molar-refractivity contribution in [3.63, 3.8) is 0 Å². The van der Waals surface area contributed by atoms with Gasteiger partial charge in [-0.1, -0.05) is 30.3 Å². The first-order valence-corrected chi connectivity index (χ1v) is 7.18. The Morgan fingerprint density at radius 1 is 1.35 bits per heavy atom. The van der Waals surface area contributed by atoms with E-state index >= 15 is 0 Å². The van der Waals surface area contributed by atoms with Gasteiger partial charge in [-0.2, -0.15) is 0 Å². The first-order chi connectivity index (χ1) is 9.42. The summed E-state index contributed by atoms with van der Waals surface area (Å²) in [6.07, 6.45) is 0.663. The standard InChI is InChI=1S/C16H24N2O2/c1-16(2,3)20-15(19)17-14-9-10-18(12-14)11-13-7-5-4-6-8-13/h4-8,14H,9-12H2,1-3H3,(H,17,19)/t14-/m0/s1. The normalized spacial score (nSPS) is 19.9. The summed E-state index contributed by atoms with van der Waals surface area (Å²) in [5.41, 5.74) is 0.872. The average molecular weight is 276 g/mol. The van der Waals surface area contributed by atoms with Crippen molar-refractivity contribution in [2.24, 2.45) is 0 Å². The summed E-state index contributed by atoms with van der Waals surface area (Å²) in [4.78, 5) is 14.1. The van der Waals surface area contributed by atoms with Crippen molar-refractivity contribution in [2.45, 2.75) is 45.4 Å². The van der Waals surface area contributed by atoms with E-state index in [-0.39, 0.29) is 12.1 Å². The van der Waals surface area contributed by atoms with E-state index in [1.807, 2.05) is 26.8 Å². The fourth-order valence-electron chi connectivity index (χ4n) is 2.41. The molecule has 4 nitrogen and oxygen atoms in total. The molecule has 0 radical (unpaired) electrons. The molecule has 0 bridgehead atoms. The third-order valence-electron chi connectivity index (χ3n) is 3.24. The number of benzene rings is 1. The van der Waals surface area contributed by atoms with Gasteiger partial charge >= 0.3 is 6.09 Å². The van der Waals surface area contributed by atoms with Gasteiger partial charge in [0.15, 0.2) is 0 Å². The molecule has 4 heteroatoms. The van der Waals surface area contributed by atoms with Gasteiger partial charge in [-0.25, -0.2) is 4.79 Å². The highest BCUT2D eigenvalue weighted by atomic mass is 16.6. The van der Waals surface area contributed by atoms with E-state index < -0.39 is 5.60 Å². The van der Waals surface area contributed by atoms with Crippen LogP contribution in [-0.2, 0) is 11.3 Å². The predicted molar refractivity (Wildman–Crippen MR) is 79.5 cm³/mol. The summed E-state index contributed by atoms with van der Waals surface area (Å²) in [5.74, 6) is 0. The Labute approximate surface area is 121 Å². The Morgan fingerprint density at radius 3 is 2.70 bits per heavy atom. The summed E-state index contributed by atoms with van der Waals surface area (Å²) in [6.45, 7) is 8.46. The summed E-state index contributed by atoms with van der Waals surface area (Å²) < 4.78 is 5.28. The van der Waals surface area contributed by atoms with Crippen LogP contribution in [0.5, 0.6) is 0 Å². The molecule has 1 aromatic carbocycles. The zero-order valence-electron chi connectivity index (χ0n) is 12.6. The van der Waals surface area contributed by atoms with Crippen LogP contribution in [0, 0.1) is 0 Å². The molecule has 0 aromatic heterocycles. The monoisotopic (exact) mass is 276 g/mol. The average Bonchev–Trinajstić information content (AvgIpc) is 2.75. The quantitative estimate of drug-likeness (QED) is 0.923. The number of amides is 1. The zero-order chi connectivity index (χ0) is 14.6. The smallest absolute Gasteiger partial charge is 0.407 e. The lowest BCUT2D eigenvalue weighted by molar-refractivity contribution is 0.0506. The zero-order valence-corrected chi connectivity index (χ0v) is 12.6. The number of rotatable bonds is 3. The maximum Gasteiger partial charge on any atom is 0.407 e. The van der Waals surface area contributed by atoms with Crippen LogP contribution in [0.3, 0.4) is 0 Å². The van der Waals surface area contributed by atoms with Crippen molar-refractivity contribution >= 4 is 6.09 Å². The molecule has 1 heterocycles. The van der Waals surface area contributed by atoms with Gasteiger partial charge in [0.05, 0.1) is 0 Å². The molecule has 20 heavy (non-hydrogen) atoms. The number of ether oxygens (including phenoxy) is 1. The van der Waals surface area contributed by atoms with Crippen molar-refractivity contribution in [3.8, 4) is 0 Å². The summed E-state index contributed by atoms with van der Waals surface area (Å²) >= 11 is 0. The van der Waals surface area contributed by atoms with Crippen LogP contribution >= 0.6 is 0 Å². The lowest BCUT2D eigenvalue weighted by atomic mass is 10.2. The number of carbonyl (C=O) groups is 1. The molecule has 1 saturated heterocycles. The minimum Gasteiger partial charge on any atom is -0.444 e. The first-order valence-electron chi connectivity index (χ1n) is 7.18. The summed E-state index contributed by atoms with van der Waals surface area (Å²) in [5, 5.41) is 2.95. The third kappa shape index (κ3) is 4.85. The van der Waals surface area contributed by atoms with E-state index in [1.165, 1.54) is 5.56 Å². The first kappa shape index (κ1) is 14.9. The SMILES string of the molecule is CC(C)(C)OC(=O)N[C@H]1CCN(Cc2ccccc2)C1. The molecule has 110 valence electrons. The predicted octanol–water partition coefficient (Wildman–Crippen LogP) is 2.79. The number of nitrogens with one attached hydrogen (secondary N) is 1. The van der Waals surface area contributed by atoms with E-state index in [2.05, 4.69) is 34.5 Å². The second-order valence-corrected chi connectivity index (χ2v) is 6.35. The number of hydrogen-bond donors (Lipinski definition) is 1. The maximum atomic E-state index is 11.7. The van der Waals surface area contributed by atoms with E-state index in [4.69, 9.17) is 4.74 Å². The topological polar surface area (TPSA) is 41.6 Å². The minimum absolute atomic E-state index is 0.188. The van der Waals surface area contributed by atoms with Crippen molar-refractivity contribution < 1.29 is 9.53 Å². The lowest BCUT2D eigenvalue weighted by Gasteiger charge is -2.22. The third-order valence-corrected chi connectivity index (χ3v) is 3.24. The van der Waals surface area contributed by atoms with Gasteiger partial charge in [0.2, 0.25) is 0 Å². The molecule has 1 N–H and O–H groups in total. The molecule has 1 fully saturated rings. The van der Waals surface area contributed by atoms with E-state index in [0.29, 0.717) is 0 Å². The van der Waals surface area contributed by atoms with E-state index in [0.717, 1.165) is 26.1 Å². The Hall–Kier alpha value is -1.55. The molecule has 1 aliphatic heterocycles. The Balaban J connectivity index is 1.77. The van der Waals surface area contributed by atoms with Crippen molar-refractivity contribution in [1.82, 2.24) is 10.2 Å². The number of likely N-dealkylation sites (tertiary alicyclic amines) is 1. The van der Waals surface area contributed by atoms with Gasteiger partial charge < -0.3 is 10.1 Å². The van der Waals surface area contributed by atoms with Crippen molar-refractivity contribution in [1.29, 1.82) is 0 Å². The minimum atomic E-state index is -0.438. The molecule has 0 spiro atoms. The number of hydrogen-bond acceptors (Lipinski definition) is 3. The van der Waals surface area contributed by atoms with Crippen LogP contribution in [0.25, 0.3) is 0 Å². The highest BCUT2D eigenvalue weighted by molar-refractivity contribution is 5.68. The molecule has 1 aliphatic rings. The molecular formula is C16H24N2O2. The van der Waals surface area contributed by atoms with Crippen LogP contribution in [0.4, 0.5) is 4.79 Å². The van der Waals surface area contributed by atoms with Gasteiger partial charge in [-0.3, -0.25) is 4.90 Å². The Kier molecular flexibility index (Phi) is 4.65. The highest BCUT2D eigenvalue weighted by Crippen LogP contribution is 2.14.